The summed E-state index contributed by atoms with van der Waals surface area (Å²) in [5, 5.41) is 0. The molecule has 0 atom stereocenters. The fourth-order valence-electron chi connectivity index (χ4n) is 3.46. The SMILES string of the molecule is C=C1C(=O)N(c2ccc(SC(F)(F)F)cc2)C(=O)N1Cc1nccn1Cc1ccc(OC)cc1. The lowest BCUT2D eigenvalue weighted by atomic mass is 10.2. The molecule has 0 saturated carbocycles. The Morgan fingerprint density at radius 1 is 1.03 bits per heavy atom. The first-order valence-corrected chi connectivity index (χ1v) is 10.8. The van der Waals surface area contributed by atoms with Crippen LogP contribution in [0.2, 0.25) is 0 Å². The third-order valence-electron chi connectivity index (χ3n) is 5.14. The van der Waals surface area contributed by atoms with Crippen molar-refractivity contribution in [2.24, 2.45) is 0 Å². The molecule has 0 spiro atoms. The number of hydrogen-bond donors (Lipinski definition) is 0. The quantitative estimate of drug-likeness (QED) is 0.265. The van der Waals surface area contributed by atoms with E-state index in [1.165, 1.54) is 29.2 Å². The van der Waals surface area contributed by atoms with E-state index in [0.717, 1.165) is 16.2 Å². The lowest BCUT2D eigenvalue weighted by molar-refractivity contribution is -0.114. The smallest absolute Gasteiger partial charge is 0.446 e. The molecule has 4 rings (SSSR count). The summed E-state index contributed by atoms with van der Waals surface area (Å²) in [5.74, 6) is 0.628. The lowest BCUT2D eigenvalue weighted by Gasteiger charge is -2.18. The number of alkyl halides is 3. The number of imidazole rings is 1. The highest BCUT2D eigenvalue weighted by molar-refractivity contribution is 8.00. The van der Waals surface area contributed by atoms with Crippen LogP contribution in [0.5, 0.6) is 5.75 Å². The number of amides is 3. The number of aromatic nitrogens is 2. The zero-order chi connectivity index (χ0) is 24.5. The van der Waals surface area contributed by atoms with E-state index < -0.39 is 17.4 Å². The van der Waals surface area contributed by atoms with Crippen LogP contribution >= 0.6 is 11.8 Å². The summed E-state index contributed by atoms with van der Waals surface area (Å²) in [6.07, 6.45) is 3.36. The van der Waals surface area contributed by atoms with Crippen LogP contribution in [0.4, 0.5) is 23.7 Å². The Balaban J connectivity index is 1.50. The molecule has 34 heavy (non-hydrogen) atoms. The zero-order valence-electron chi connectivity index (χ0n) is 18.0. The van der Waals surface area contributed by atoms with Gasteiger partial charge in [0, 0.05) is 23.8 Å². The Labute approximate surface area is 197 Å². The van der Waals surface area contributed by atoms with Gasteiger partial charge in [-0.05, 0) is 53.7 Å². The number of imide groups is 1. The van der Waals surface area contributed by atoms with E-state index >= 15 is 0 Å². The predicted molar refractivity (Wildman–Crippen MR) is 120 cm³/mol. The summed E-state index contributed by atoms with van der Waals surface area (Å²) >= 11 is -0.273. The maximum absolute atomic E-state index is 13.0. The van der Waals surface area contributed by atoms with Gasteiger partial charge in [-0.1, -0.05) is 18.7 Å². The van der Waals surface area contributed by atoms with Gasteiger partial charge in [-0.15, -0.1) is 0 Å². The summed E-state index contributed by atoms with van der Waals surface area (Å²) in [6, 6.07) is 11.9. The van der Waals surface area contributed by atoms with Crippen LogP contribution in [0.1, 0.15) is 11.4 Å². The molecular formula is C23H19F3N4O3S. The van der Waals surface area contributed by atoms with Crippen molar-refractivity contribution in [2.45, 2.75) is 23.5 Å². The van der Waals surface area contributed by atoms with Crippen LogP contribution in [-0.4, -0.2) is 39.0 Å². The van der Waals surface area contributed by atoms with Gasteiger partial charge in [0.15, 0.2) is 0 Å². The first-order valence-electron chi connectivity index (χ1n) is 10.00. The molecule has 0 radical (unpaired) electrons. The summed E-state index contributed by atoms with van der Waals surface area (Å²) in [4.78, 5) is 32.1. The van der Waals surface area contributed by atoms with Gasteiger partial charge in [-0.3, -0.25) is 9.69 Å². The van der Waals surface area contributed by atoms with Crippen LogP contribution in [0.15, 0.2) is 78.1 Å². The van der Waals surface area contributed by atoms with Crippen LogP contribution in [0.25, 0.3) is 0 Å². The number of rotatable bonds is 7. The standard InChI is InChI=1S/C23H19F3N4O3S/c1-15-21(31)30(17-5-9-19(10-6-17)34-23(24,25)26)22(32)29(15)14-20-27-11-12-28(20)13-16-3-7-18(33-2)8-4-16/h3-12H,1,13-14H2,2H3. The van der Waals surface area contributed by atoms with Crippen LogP contribution in [0.3, 0.4) is 0 Å². The number of thioether (sulfide) groups is 1. The largest absolute Gasteiger partial charge is 0.497 e. The summed E-state index contributed by atoms with van der Waals surface area (Å²) < 4.78 is 44.7. The lowest BCUT2D eigenvalue weighted by Crippen LogP contribution is -2.33. The molecule has 0 bridgehead atoms. The van der Waals surface area contributed by atoms with E-state index in [9.17, 15) is 22.8 Å². The van der Waals surface area contributed by atoms with Crippen molar-refractivity contribution in [2.75, 3.05) is 12.0 Å². The summed E-state index contributed by atoms with van der Waals surface area (Å²) in [7, 11) is 1.59. The number of carbonyl (C=O) groups is 2. The van der Waals surface area contributed by atoms with Gasteiger partial charge in [0.05, 0.1) is 19.3 Å². The third-order valence-corrected chi connectivity index (χ3v) is 5.88. The molecule has 2 aromatic carbocycles. The average Bonchev–Trinajstić information content (AvgIpc) is 3.31. The molecule has 1 aliphatic heterocycles. The van der Waals surface area contributed by atoms with Gasteiger partial charge >= 0.3 is 11.5 Å². The molecule has 0 N–H and O–H groups in total. The molecule has 1 saturated heterocycles. The number of methoxy groups -OCH3 is 1. The normalized spacial score (nSPS) is 14.3. The zero-order valence-corrected chi connectivity index (χ0v) is 18.8. The number of ether oxygens (including phenoxy) is 1. The molecule has 11 heteroatoms. The molecule has 1 aromatic heterocycles. The first kappa shape index (κ1) is 23.4. The number of nitrogens with zero attached hydrogens (tertiary/aromatic N) is 4. The molecule has 3 amide bonds. The molecule has 0 aliphatic carbocycles. The minimum Gasteiger partial charge on any atom is -0.497 e. The molecule has 7 nitrogen and oxygen atoms in total. The Hall–Kier alpha value is -3.73. The number of halogens is 3. The van der Waals surface area contributed by atoms with Crippen molar-refractivity contribution in [3.8, 4) is 5.75 Å². The van der Waals surface area contributed by atoms with Crippen LogP contribution in [0, 0.1) is 0 Å². The van der Waals surface area contributed by atoms with E-state index in [2.05, 4.69) is 11.6 Å². The molecule has 2 heterocycles. The fourth-order valence-corrected chi connectivity index (χ4v) is 4.00. The Bertz CT molecular complexity index is 1220. The second kappa shape index (κ2) is 9.26. The van der Waals surface area contributed by atoms with Crippen molar-refractivity contribution in [3.63, 3.8) is 0 Å². The molecular weight excluding hydrogens is 469 g/mol. The number of urea groups is 1. The highest BCUT2D eigenvalue weighted by Gasteiger charge is 2.41. The molecule has 0 unspecified atom stereocenters. The highest BCUT2D eigenvalue weighted by atomic mass is 32.2. The molecule has 176 valence electrons. The topological polar surface area (TPSA) is 67.7 Å². The summed E-state index contributed by atoms with van der Waals surface area (Å²) in [5.41, 5.74) is -3.33. The molecule has 3 aromatic rings. The fraction of sp³-hybridized carbons (Fsp3) is 0.174. The number of carbonyl (C=O) groups excluding carboxylic acids is 2. The minimum atomic E-state index is -4.43. The van der Waals surface area contributed by atoms with Crippen molar-refractivity contribution >= 4 is 29.4 Å². The van der Waals surface area contributed by atoms with E-state index in [4.69, 9.17) is 4.74 Å². The van der Waals surface area contributed by atoms with Crippen LogP contribution < -0.4 is 9.64 Å². The Kier molecular flexibility index (Phi) is 6.38. The van der Waals surface area contributed by atoms with E-state index in [0.29, 0.717) is 12.4 Å². The van der Waals surface area contributed by atoms with Crippen molar-refractivity contribution in [1.29, 1.82) is 0 Å². The number of benzene rings is 2. The monoisotopic (exact) mass is 488 g/mol. The Morgan fingerprint density at radius 2 is 1.71 bits per heavy atom. The summed E-state index contributed by atoms with van der Waals surface area (Å²) in [6.45, 7) is 4.23. The third kappa shape index (κ3) is 4.93. The second-order valence-corrected chi connectivity index (χ2v) is 8.46. The van der Waals surface area contributed by atoms with Crippen LogP contribution in [-0.2, 0) is 17.9 Å². The van der Waals surface area contributed by atoms with E-state index in [1.54, 1.807) is 19.5 Å². The van der Waals surface area contributed by atoms with Crippen molar-refractivity contribution < 1.29 is 27.5 Å². The average molecular weight is 488 g/mol. The molecule has 1 aliphatic rings. The predicted octanol–water partition coefficient (Wildman–Crippen LogP) is 5.03. The Morgan fingerprint density at radius 3 is 2.32 bits per heavy atom. The molecule has 1 fully saturated rings. The van der Waals surface area contributed by atoms with Gasteiger partial charge in [0.2, 0.25) is 0 Å². The van der Waals surface area contributed by atoms with E-state index in [1.807, 2.05) is 28.8 Å². The maximum Gasteiger partial charge on any atom is 0.446 e. The maximum atomic E-state index is 13.0. The first-order chi connectivity index (χ1) is 16.2. The van der Waals surface area contributed by atoms with Gasteiger partial charge in [-0.2, -0.15) is 13.2 Å². The second-order valence-electron chi connectivity index (χ2n) is 7.32. The number of hydrogen-bond acceptors (Lipinski definition) is 5. The van der Waals surface area contributed by atoms with Gasteiger partial charge in [0.1, 0.15) is 17.3 Å². The van der Waals surface area contributed by atoms with Gasteiger partial charge < -0.3 is 9.30 Å². The van der Waals surface area contributed by atoms with E-state index in [-0.39, 0.29) is 34.6 Å². The van der Waals surface area contributed by atoms with Crippen molar-refractivity contribution in [3.05, 3.63) is 84.6 Å². The van der Waals surface area contributed by atoms with Crippen molar-refractivity contribution in [1.82, 2.24) is 14.5 Å². The van der Waals surface area contributed by atoms with Gasteiger partial charge in [-0.25, -0.2) is 14.7 Å². The highest BCUT2D eigenvalue weighted by Crippen LogP contribution is 2.38. The number of anilines is 1. The minimum absolute atomic E-state index is 0.00503. The van der Waals surface area contributed by atoms with Gasteiger partial charge in [0.25, 0.3) is 5.91 Å².